The largest absolute Gasteiger partial charge is 0.504 e. The van der Waals surface area contributed by atoms with E-state index < -0.39 is 0 Å². The van der Waals surface area contributed by atoms with Crippen LogP contribution in [0, 0.1) is 0 Å². The van der Waals surface area contributed by atoms with Gasteiger partial charge in [-0.1, -0.05) is 29.8 Å². The van der Waals surface area contributed by atoms with Gasteiger partial charge in [-0.15, -0.1) is 0 Å². The zero-order valence-electron chi connectivity index (χ0n) is 14.4. The van der Waals surface area contributed by atoms with E-state index in [1.165, 1.54) is 7.11 Å². The SMILES string of the molecule is CCNC(=NCc1cccc(OC)c1O)NCCc1ccc(Cl)nc1. The average Bonchev–Trinajstić information content (AvgIpc) is 2.62. The summed E-state index contributed by atoms with van der Waals surface area (Å²) >= 11 is 5.79. The monoisotopic (exact) mass is 362 g/mol. The molecule has 1 heterocycles. The third-order valence-electron chi connectivity index (χ3n) is 3.55. The Labute approximate surface area is 152 Å². The van der Waals surface area contributed by atoms with Crippen LogP contribution in [0.5, 0.6) is 11.5 Å². The van der Waals surface area contributed by atoms with Crippen molar-refractivity contribution < 1.29 is 9.84 Å². The molecular weight excluding hydrogens is 340 g/mol. The summed E-state index contributed by atoms with van der Waals surface area (Å²) in [7, 11) is 1.53. The molecule has 0 fully saturated rings. The number of phenols is 1. The zero-order chi connectivity index (χ0) is 18.1. The second kappa shape index (κ2) is 9.74. The summed E-state index contributed by atoms with van der Waals surface area (Å²) in [5, 5.41) is 17.1. The van der Waals surface area contributed by atoms with E-state index in [1.54, 1.807) is 18.3 Å². The van der Waals surface area contributed by atoms with Gasteiger partial charge in [0.05, 0.1) is 13.7 Å². The molecule has 0 amide bonds. The van der Waals surface area contributed by atoms with E-state index in [-0.39, 0.29) is 5.75 Å². The van der Waals surface area contributed by atoms with Crippen LogP contribution in [0.25, 0.3) is 0 Å². The van der Waals surface area contributed by atoms with Crippen LogP contribution in [0.1, 0.15) is 18.1 Å². The second-order valence-corrected chi connectivity index (χ2v) is 5.72. The van der Waals surface area contributed by atoms with Gasteiger partial charge in [-0.25, -0.2) is 9.98 Å². The van der Waals surface area contributed by atoms with Gasteiger partial charge in [0.25, 0.3) is 0 Å². The van der Waals surface area contributed by atoms with Crippen LogP contribution >= 0.6 is 11.6 Å². The summed E-state index contributed by atoms with van der Waals surface area (Å²) in [6, 6.07) is 9.10. The number of methoxy groups -OCH3 is 1. The number of halogens is 1. The number of nitrogens with zero attached hydrogens (tertiary/aromatic N) is 2. The fourth-order valence-corrected chi connectivity index (χ4v) is 2.36. The molecule has 3 N–H and O–H groups in total. The van der Waals surface area contributed by atoms with E-state index in [4.69, 9.17) is 16.3 Å². The zero-order valence-corrected chi connectivity index (χ0v) is 15.2. The number of hydrogen-bond acceptors (Lipinski definition) is 4. The summed E-state index contributed by atoms with van der Waals surface area (Å²) in [4.78, 5) is 8.57. The summed E-state index contributed by atoms with van der Waals surface area (Å²) in [6.45, 7) is 3.81. The summed E-state index contributed by atoms with van der Waals surface area (Å²) in [5.41, 5.74) is 1.80. The van der Waals surface area contributed by atoms with E-state index in [2.05, 4.69) is 20.6 Å². The molecule has 0 aliphatic rings. The van der Waals surface area contributed by atoms with Crippen LogP contribution in [0.15, 0.2) is 41.5 Å². The maximum absolute atomic E-state index is 10.1. The number of guanidine groups is 1. The van der Waals surface area contributed by atoms with Gasteiger partial charge in [-0.05, 0) is 31.0 Å². The van der Waals surface area contributed by atoms with Gasteiger partial charge in [-0.3, -0.25) is 0 Å². The van der Waals surface area contributed by atoms with E-state index in [1.807, 2.05) is 25.1 Å². The Morgan fingerprint density at radius 1 is 1.28 bits per heavy atom. The molecule has 0 saturated carbocycles. The molecule has 0 saturated heterocycles. The predicted molar refractivity (Wildman–Crippen MR) is 100 cm³/mol. The molecule has 0 aliphatic carbocycles. The van der Waals surface area contributed by atoms with Crippen molar-refractivity contribution in [2.45, 2.75) is 19.9 Å². The summed E-state index contributed by atoms with van der Waals surface area (Å²) < 4.78 is 5.12. The first-order valence-corrected chi connectivity index (χ1v) is 8.49. The van der Waals surface area contributed by atoms with Crippen molar-refractivity contribution in [2.75, 3.05) is 20.2 Å². The molecule has 134 valence electrons. The van der Waals surface area contributed by atoms with Crippen molar-refractivity contribution in [3.05, 3.63) is 52.8 Å². The van der Waals surface area contributed by atoms with Crippen LogP contribution in [-0.4, -0.2) is 36.2 Å². The third-order valence-corrected chi connectivity index (χ3v) is 3.77. The fourth-order valence-electron chi connectivity index (χ4n) is 2.25. The Morgan fingerprint density at radius 3 is 2.80 bits per heavy atom. The van der Waals surface area contributed by atoms with Crippen molar-refractivity contribution in [1.82, 2.24) is 15.6 Å². The molecule has 2 rings (SSSR count). The van der Waals surface area contributed by atoms with Gasteiger partial charge < -0.3 is 20.5 Å². The Hall–Kier alpha value is -2.47. The Balaban J connectivity index is 1.95. The summed E-state index contributed by atoms with van der Waals surface area (Å²) in [5.74, 6) is 1.25. The minimum Gasteiger partial charge on any atom is -0.504 e. The number of aliphatic imine (C=N–C) groups is 1. The van der Waals surface area contributed by atoms with Crippen molar-refractivity contribution >= 4 is 17.6 Å². The number of benzene rings is 1. The summed E-state index contributed by atoms with van der Waals surface area (Å²) in [6.07, 6.45) is 2.57. The first kappa shape index (κ1) is 18.9. The highest BCUT2D eigenvalue weighted by atomic mass is 35.5. The molecular formula is C18H23ClN4O2. The molecule has 0 unspecified atom stereocenters. The number of aromatic nitrogens is 1. The quantitative estimate of drug-likeness (QED) is 0.401. The lowest BCUT2D eigenvalue weighted by Crippen LogP contribution is -2.38. The van der Waals surface area contributed by atoms with Crippen LogP contribution in [0.2, 0.25) is 5.15 Å². The number of phenolic OH excluding ortho intramolecular Hbond substituents is 1. The number of aromatic hydroxyl groups is 1. The third kappa shape index (κ3) is 5.83. The molecule has 0 spiro atoms. The normalized spacial score (nSPS) is 11.2. The molecule has 6 nitrogen and oxygen atoms in total. The molecule has 0 aliphatic heterocycles. The van der Waals surface area contributed by atoms with Gasteiger partial charge in [-0.2, -0.15) is 0 Å². The predicted octanol–water partition coefficient (Wildman–Crippen LogP) is 2.75. The van der Waals surface area contributed by atoms with Crippen LogP contribution in [-0.2, 0) is 13.0 Å². The molecule has 7 heteroatoms. The number of hydrogen-bond donors (Lipinski definition) is 3. The van der Waals surface area contributed by atoms with Crippen LogP contribution in [0.4, 0.5) is 0 Å². The van der Waals surface area contributed by atoms with E-state index in [0.29, 0.717) is 35.5 Å². The number of para-hydroxylation sites is 1. The van der Waals surface area contributed by atoms with Crippen LogP contribution in [0.3, 0.4) is 0 Å². The van der Waals surface area contributed by atoms with Crippen molar-refractivity contribution in [2.24, 2.45) is 4.99 Å². The molecule has 0 atom stereocenters. The first-order valence-electron chi connectivity index (χ1n) is 8.11. The molecule has 0 bridgehead atoms. The maximum atomic E-state index is 10.1. The number of pyridine rings is 1. The highest BCUT2D eigenvalue weighted by molar-refractivity contribution is 6.29. The molecule has 25 heavy (non-hydrogen) atoms. The average molecular weight is 363 g/mol. The molecule has 1 aromatic heterocycles. The molecule has 2 aromatic rings. The lowest BCUT2D eigenvalue weighted by Gasteiger charge is -2.12. The standard InChI is InChI=1S/C18H23ClN4O2/c1-3-20-18(21-10-9-13-7-8-16(19)22-11-13)23-12-14-5-4-6-15(25-2)17(14)24/h4-8,11,24H,3,9-10,12H2,1-2H3,(H2,20,21,23). The smallest absolute Gasteiger partial charge is 0.191 e. The van der Waals surface area contributed by atoms with Gasteiger partial charge in [0.1, 0.15) is 5.15 Å². The number of ether oxygens (including phenoxy) is 1. The lowest BCUT2D eigenvalue weighted by atomic mass is 10.2. The highest BCUT2D eigenvalue weighted by Gasteiger charge is 2.07. The van der Waals surface area contributed by atoms with Crippen LogP contribution < -0.4 is 15.4 Å². The Kier molecular flexibility index (Phi) is 7.35. The maximum Gasteiger partial charge on any atom is 0.191 e. The minimum atomic E-state index is 0.122. The van der Waals surface area contributed by atoms with Gasteiger partial charge in [0.15, 0.2) is 17.5 Å². The van der Waals surface area contributed by atoms with E-state index in [0.717, 1.165) is 18.5 Å². The van der Waals surface area contributed by atoms with Crippen molar-refractivity contribution in [3.63, 3.8) is 0 Å². The van der Waals surface area contributed by atoms with Gasteiger partial charge in [0, 0.05) is 24.8 Å². The topological polar surface area (TPSA) is 78.8 Å². The first-order chi connectivity index (χ1) is 12.1. The van der Waals surface area contributed by atoms with E-state index in [9.17, 15) is 5.11 Å². The number of nitrogens with one attached hydrogen (secondary N) is 2. The molecule has 1 aromatic carbocycles. The van der Waals surface area contributed by atoms with Crippen molar-refractivity contribution in [1.29, 1.82) is 0 Å². The Morgan fingerprint density at radius 2 is 2.12 bits per heavy atom. The van der Waals surface area contributed by atoms with Crippen molar-refractivity contribution in [3.8, 4) is 11.5 Å². The second-order valence-electron chi connectivity index (χ2n) is 5.33. The highest BCUT2D eigenvalue weighted by Crippen LogP contribution is 2.29. The van der Waals surface area contributed by atoms with E-state index >= 15 is 0 Å². The number of rotatable bonds is 7. The minimum absolute atomic E-state index is 0.122. The Bertz CT molecular complexity index is 705. The lowest BCUT2D eigenvalue weighted by molar-refractivity contribution is 0.370. The molecule has 0 radical (unpaired) electrons. The van der Waals surface area contributed by atoms with Gasteiger partial charge >= 0.3 is 0 Å². The van der Waals surface area contributed by atoms with Gasteiger partial charge in [0.2, 0.25) is 0 Å². The fraction of sp³-hybridized carbons (Fsp3) is 0.333.